The average Bonchev–Trinajstić information content (AvgIpc) is 3.03. The van der Waals surface area contributed by atoms with Gasteiger partial charge in [-0.15, -0.1) is 13.2 Å². The molecule has 0 aromatic rings. The predicted molar refractivity (Wildman–Crippen MR) is 180 cm³/mol. The van der Waals surface area contributed by atoms with Crippen LogP contribution in [0.5, 0.6) is 0 Å². The molecule has 0 saturated heterocycles. The number of esters is 2. The molecule has 0 bridgehead atoms. The Hall–Kier alpha value is -0.992. The normalized spacial score (nSPS) is 24.0. The van der Waals surface area contributed by atoms with Gasteiger partial charge in [-0.1, -0.05) is 19.6 Å². The fourth-order valence-corrected chi connectivity index (χ4v) is 5.20. The van der Waals surface area contributed by atoms with Crippen LogP contribution < -0.4 is 0 Å². The third-order valence-electron chi connectivity index (χ3n) is 7.96. The molecule has 2 saturated carbocycles. The third-order valence-corrected chi connectivity index (χ3v) is 7.96. The summed E-state index contributed by atoms with van der Waals surface area (Å²) in [6.45, 7) is 17.0. The van der Waals surface area contributed by atoms with Gasteiger partial charge in [0.1, 0.15) is 25.4 Å². The quantitative estimate of drug-likeness (QED) is 0.134. The molecule has 0 amide bonds. The van der Waals surface area contributed by atoms with Crippen LogP contribution in [0.15, 0.2) is 25.3 Å². The van der Waals surface area contributed by atoms with Gasteiger partial charge in [-0.05, 0) is 91.9 Å². The smallest absolute Gasteiger partial charge is 0.457 e. The molecule has 0 spiro atoms. The van der Waals surface area contributed by atoms with Crippen molar-refractivity contribution in [3.05, 3.63) is 25.3 Å². The maximum Gasteiger partial charge on any atom is 0.508 e. The summed E-state index contributed by atoms with van der Waals surface area (Å²) in [5.41, 5.74) is -2.46. The van der Waals surface area contributed by atoms with Crippen molar-refractivity contribution in [3.63, 3.8) is 0 Å². The second-order valence-electron chi connectivity index (χ2n) is 13.0. The zero-order valence-electron chi connectivity index (χ0n) is 30.8. The Morgan fingerprint density at radius 3 is 1.47 bits per heavy atom. The van der Waals surface area contributed by atoms with Gasteiger partial charge in [0.2, 0.25) is 0 Å². The summed E-state index contributed by atoms with van der Waals surface area (Å²) in [4.78, 5) is 46.6. The summed E-state index contributed by atoms with van der Waals surface area (Å²) < 4.78 is 40.4. The molecule has 0 aromatic carbocycles. The number of aliphatic hydroxyl groups is 2. The second-order valence-corrected chi connectivity index (χ2v) is 13.0. The van der Waals surface area contributed by atoms with Gasteiger partial charge in [0, 0.05) is 65.4 Å². The topological polar surface area (TPSA) is 183 Å². The minimum atomic E-state index is -1.24. The van der Waals surface area contributed by atoms with E-state index in [0.29, 0.717) is 25.7 Å². The fourth-order valence-electron chi connectivity index (χ4n) is 5.20. The summed E-state index contributed by atoms with van der Waals surface area (Å²) in [7, 11) is 2.42. The number of ether oxygens (including phenoxy) is 8. The summed E-state index contributed by atoms with van der Waals surface area (Å²) in [5, 5.41) is 20.1. The van der Waals surface area contributed by atoms with E-state index >= 15 is 0 Å². The molecule has 290 valence electrons. The van der Waals surface area contributed by atoms with E-state index in [0.717, 1.165) is 12.8 Å². The van der Waals surface area contributed by atoms with Gasteiger partial charge in [0.05, 0.1) is 38.6 Å². The second kappa shape index (κ2) is 26.7. The van der Waals surface area contributed by atoms with Gasteiger partial charge in [-0.3, -0.25) is 0 Å². The van der Waals surface area contributed by atoms with Gasteiger partial charge in [-0.25, -0.2) is 19.2 Å². The zero-order chi connectivity index (χ0) is 36.7. The molecule has 0 aromatic heterocycles. The molecule has 8 unspecified atom stereocenters. The number of carbonyl (C=O) groups is 4. The SMILES string of the molecule is C.C=CC1CCC(O)C(OC(=O)C(C)(C)OC(C)COC(=O)OC)C1.C=CC1CCC(OC(=O)C(C)(C)OC(C)COC(=O)OC)C(O)C1.[Y].[Y]. The van der Waals surface area contributed by atoms with Gasteiger partial charge in [0.15, 0.2) is 11.2 Å². The summed E-state index contributed by atoms with van der Waals surface area (Å²) in [6.07, 6.45) is 2.36. The Morgan fingerprint density at radius 2 is 1.08 bits per heavy atom. The van der Waals surface area contributed by atoms with Crippen LogP contribution in [0, 0.1) is 11.8 Å². The number of carbonyl (C=O) groups excluding carboxylic acids is 4. The number of hydrogen-bond donors (Lipinski definition) is 2. The van der Waals surface area contributed by atoms with Crippen LogP contribution in [0.25, 0.3) is 0 Å². The van der Waals surface area contributed by atoms with Crippen LogP contribution in [-0.4, -0.2) is 110 Å². The van der Waals surface area contributed by atoms with Crippen molar-refractivity contribution in [3.8, 4) is 0 Å². The monoisotopic (exact) mass is 882 g/mol. The Labute approximate surface area is 354 Å². The van der Waals surface area contributed by atoms with E-state index in [-0.39, 0.29) is 97.9 Å². The zero-order valence-corrected chi connectivity index (χ0v) is 36.5. The van der Waals surface area contributed by atoms with Gasteiger partial charge >= 0.3 is 24.2 Å². The van der Waals surface area contributed by atoms with Gasteiger partial charge in [-0.2, -0.15) is 0 Å². The molecule has 0 heterocycles. The van der Waals surface area contributed by atoms with E-state index in [1.54, 1.807) is 41.5 Å². The van der Waals surface area contributed by atoms with Crippen LogP contribution >= 0.6 is 0 Å². The number of hydrogen-bond acceptors (Lipinski definition) is 14. The molecule has 2 fully saturated rings. The molecular weight excluding hydrogens is 822 g/mol. The molecule has 51 heavy (non-hydrogen) atoms. The summed E-state index contributed by atoms with van der Waals surface area (Å²) >= 11 is 0. The number of aliphatic hydroxyl groups excluding tert-OH is 2. The minimum Gasteiger partial charge on any atom is -0.457 e. The largest absolute Gasteiger partial charge is 0.508 e. The Kier molecular flexibility index (Phi) is 28.5. The standard InChI is InChI=1S/2C17H28O7.CH4.2Y/c1-6-12-7-8-14(13(18)9-12)23-15(19)17(3,4)24-11(2)10-22-16(20)21-5;1-6-12-7-8-13(18)14(9-12)23-15(19)17(3,4)24-11(2)10-22-16(20)21-5;;;/h2*6,11-14,18H,1,7-10H2,2-5H3;1H4;;. The van der Waals surface area contributed by atoms with Crippen molar-refractivity contribution < 1.29 is 133 Å². The van der Waals surface area contributed by atoms with Gasteiger partial charge < -0.3 is 48.1 Å². The molecule has 2 aliphatic rings. The van der Waals surface area contributed by atoms with Crippen molar-refractivity contribution in [2.75, 3.05) is 27.4 Å². The molecule has 2 aliphatic carbocycles. The van der Waals surface area contributed by atoms with Crippen molar-refractivity contribution in [1.29, 1.82) is 0 Å². The Morgan fingerprint density at radius 1 is 0.686 bits per heavy atom. The fraction of sp³-hybridized carbons (Fsp3) is 0.771. The van der Waals surface area contributed by atoms with E-state index < -0.39 is 72.1 Å². The van der Waals surface area contributed by atoms with Crippen molar-refractivity contribution in [2.24, 2.45) is 11.8 Å². The first-order valence-corrected chi connectivity index (χ1v) is 16.2. The number of rotatable bonds is 14. The van der Waals surface area contributed by atoms with Crippen LogP contribution in [0.4, 0.5) is 9.59 Å². The van der Waals surface area contributed by atoms with Crippen molar-refractivity contribution in [2.45, 2.75) is 135 Å². The minimum absolute atomic E-state index is 0. The van der Waals surface area contributed by atoms with Crippen molar-refractivity contribution in [1.82, 2.24) is 0 Å². The van der Waals surface area contributed by atoms with E-state index in [9.17, 15) is 29.4 Å². The Balaban J connectivity index is -0.000000853. The van der Waals surface area contributed by atoms with Crippen LogP contribution in [0.2, 0.25) is 0 Å². The molecule has 16 heteroatoms. The molecule has 8 atom stereocenters. The predicted octanol–water partition coefficient (Wildman–Crippen LogP) is 5.05. The van der Waals surface area contributed by atoms with E-state index in [2.05, 4.69) is 22.6 Å². The van der Waals surface area contributed by atoms with E-state index in [4.69, 9.17) is 28.4 Å². The average molecular weight is 883 g/mol. The van der Waals surface area contributed by atoms with Crippen molar-refractivity contribution >= 4 is 24.2 Å². The van der Waals surface area contributed by atoms with Crippen LogP contribution in [0.1, 0.15) is 87.5 Å². The molecule has 2 rings (SSSR count). The Bertz CT molecular complexity index is 1070. The first kappa shape index (κ1) is 54.4. The molecular formula is C35H60O14Y2. The maximum absolute atomic E-state index is 12.4. The molecule has 14 nitrogen and oxygen atoms in total. The molecule has 2 radical (unpaired) electrons. The third kappa shape index (κ3) is 20.3. The van der Waals surface area contributed by atoms with E-state index in [1.807, 2.05) is 12.2 Å². The molecule has 2 N–H and O–H groups in total. The number of methoxy groups -OCH3 is 2. The summed E-state index contributed by atoms with van der Waals surface area (Å²) in [5.74, 6) is -0.660. The first-order valence-electron chi connectivity index (χ1n) is 16.2. The summed E-state index contributed by atoms with van der Waals surface area (Å²) in [6, 6.07) is 0. The molecule has 0 aliphatic heterocycles. The van der Waals surface area contributed by atoms with Gasteiger partial charge in [0.25, 0.3) is 0 Å². The van der Waals surface area contributed by atoms with Crippen LogP contribution in [-0.2, 0) is 113 Å². The van der Waals surface area contributed by atoms with E-state index in [1.165, 1.54) is 14.2 Å². The van der Waals surface area contributed by atoms with Crippen LogP contribution in [0.3, 0.4) is 0 Å². The first-order chi connectivity index (χ1) is 22.4. The maximum atomic E-state index is 12.4. The number of allylic oxidation sites excluding steroid dienone is 2.